The van der Waals surface area contributed by atoms with Crippen LogP contribution in [-0.2, 0) is 11.2 Å². The molecular weight excluding hydrogens is 489 g/mol. The molecule has 1 atom stereocenters. The second-order valence-electron chi connectivity index (χ2n) is 11.3. The Bertz CT molecular complexity index is 1430. The lowest BCUT2D eigenvalue weighted by Gasteiger charge is -2.29. The van der Waals surface area contributed by atoms with Crippen molar-refractivity contribution in [1.82, 2.24) is 15.1 Å². The number of Topliss-reactive ketones (excluding diaryl/α,β-unsaturated/α-hetero) is 1. The van der Waals surface area contributed by atoms with Crippen LogP contribution in [0.25, 0.3) is 22.2 Å². The van der Waals surface area contributed by atoms with Crippen LogP contribution in [-0.4, -0.2) is 47.1 Å². The van der Waals surface area contributed by atoms with E-state index in [1.165, 1.54) is 6.07 Å². The Balaban J connectivity index is 1.21. The second kappa shape index (κ2) is 11.3. The van der Waals surface area contributed by atoms with Gasteiger partial charge in [-0.25, -0.2) is 4.39 Å². The molecule has 0 radical (unpaired) electrons. The number of ketones is 1. The summed E-state index contributed by atoms with van der Waals surface area (Å²) in [7, 11) is 2.15. The molecule has 3 aromatic carbocycles. The van der Waals surface area contributed by atoms with Gasteiger partial charge < -0.3 is 9.64 Å². The Labute approximate surface area is 229 Å². The number of aromatic nitrogens is 2. The number of nitrogens with zero attached hydrogens (tertiary/aromatic N) is 2. The van der Waals surface area contributed by atoms with Gasteiger partial charge in [0.25, 0.3) is 0 Å². The summed E-state index contributed by atoms with van der Waals surface area (Å²) >= 11 is 0. The van der Waals surface area contributed by atoms with Crippen LogP contribution in [0, 0.1) is 11.7 Å². The third-order valence-electron chi connectivity index (χ3n) is 8.56. The molecule has 2 heterocycles. The molecular formula is C33H36FN3O2. The maximum absolute atomic E-state index is 14.8. The molecule has 0 spiro atoms. The Morgan fingerprint density at radius 2 is 1.77 bits per heavy atom. The molecule has 1 aliphatic heterocycles. The number of rotatable bonds is 8. The lowest BCUT2D eigenvalue weighted by molar-refractivity contribution is -0.121. The van der Waals surface area contributed by atoms with Gasteiger partial charge >= 0.3 is 0 Å². The van der Waals surface area contributed by atoms with E-state index in [-0.39, 0.29) is 30.0 Å². The van der Waals surface area contributed by atoms with Crippen LogP contribution in [0.1, 0.15) is 55.6 Å². The highest BCUT2D eigenvalue weighted by atomic mass is 19.1. The zero-order valence-corrected chi connectivity index (χ0v) is 22.5. The van der Waals surface area contributed by atoms with E-state index in [9.17, 15) is 9.18 Å². The third-order valence-corrected chi connectivity index (χ3v) is 8.56. The smallest absolute Gasteiger partial charge is 0.145 e. The number of nitrogens with one attached hydrogen (secondary N) is 1. The third kappa shape index (κ3) is 5.62. The van der Waals surface area contributed by atoms with Crippen molar-refractivity contribution in [2.24, 2.45) is 5.92 Å². The van der Waals surface area contributed by atoms with E-state index < -0.39 is 5.92 Å². The number of likely N-dealkylation sites (tertiary alicyclic amines) is 1. The van der Waals surface area contributed by atoms with Gasteiger partial charge in [0.15, 0.2) is 0 Å². The molecule has 6 heteroatoms. The van der Waals surface area contributed by atoms with Crippen LogP contribution in [0.4, 0.5) is 4.39 Å². The molecule has 6 rings (SSSR count). The fourth-order valence-corrected chi connectivity index (χ4v) is 6.40. The van der Waals surface area contributed by atoms with Gasteiger partial charge in [-0.05, 0) is 92.2 Å². The van der Waals surface area contributed by atoms with Gasteiger partial charge in [0.1, 0.15) is 23.5 Å². The molecule has 39 heavy (non-hydrogen) atoms. The van der Waals surface area contributed by atoms with Crippen molar-refractivity contribution in [3.63, 3.8) is 0 Å². The molecule has 0 amide bonds. The molecule has 1 saturated carbocycles. The van der Waals surface area contributed by atoms with Crippen molar-refractivity contribution in [1.29, 1.82) is 0 Å². The van der Waals surface area contributed by atoms with Crippen LogP contribution in [0.2, 0.25) is 0 Å². The minimum Gasteiger partial charge on any atom is -0.490 e. The number of ether oxygens (including phenoxy) is 1. The van der Waals surface area contributed by atoms with Gasteiger partial charge in [0, 0.05) is 36.4 Å². The molecule has 1 unspecified atom stereocenters. The molecule has 0 bridgehead atoms. The number of fused-ring (bicyclic) bond motifs is 1. The molecule has 1 aromatic heterocycles. The van der Waals surface area contributed by atoms with Crippen LogP contribution in [0.5, 0.6) is 5.75 Å². The minimum atomic E-state index is -0.398. The second-order valence-corrected chi connectivity index (χ2v) is 11.3. The van der Waals surface area contributed by atoms with Crippen LogP contribution < -0.4 is 4.74 Å². The summed E-state index contributed by atoms with van der Waals surface area (Å²) in [5, 5.41) is 8.70. The summed E-state index contributed by atoms with van der Waals surface area (Å²) in [5.41, 5.74) is 4.25. The maximum Gasteiger partial charge on any atom is 0.145 e. The molecule has 1 N–H and O–H groups in total. The normalized spacial score (nSPS) is 18.0. The van der Waals surface area contributed by atoms with Crippen LogP contribution in [0.15, 0.2) is 66.7 Å². The molecule has 5 nitrogen and oxygen atoms in total. The first-order valence-corrected chi connectivity index (χ1v) is 14.2. The summed E-state index contributed by atoms with van der Waals surface area (Å²) < 4.78 is 21.0. The SMILES string of the molecule is CN1CCC(Oc2ccc(-c3n[nH]c4ccc(CC(=O)C(c5ccccc5F)C5CCCC5)cc34)cc2)CC1. The van der Waals surface area contributed by atoms with Crippen molar-refractivity contribution < 1.29 is 13.9 Å². The lowest BCUT2D eigenvalue weighted by atomic mass is 9.79. The van der Waals surface area contributed by atoms with E-state index in [1.54, 1.807) is 12.1 Å². The zero-order chi connectivity index (χ0) is 26.8. The van der Waals surface area contributed by atoms with E-state index in [1.807, 2.05) is 42.5 Å². The van der Waals surface area contributed by atoms with Crippen molar-refractivity contribution in [3.8, 4) is 17.0 Å². The molecule has 1 saturated heterocycles. The summed E-state index contributed by atoms with van der Waals surface area (Å²) in [5.74, 6) is 0.499. The Hall–Kier alpha value is -3.51. The van der Waals surface area contributed by atoms with Gasteiger partial charge in [0.2, 0.25) is 0 Å². The average Bonchev–Trinajstić information content (AvgIpc) is 3.62. The van der Waals surface area contributed by atoms with Gasteiger partial charge in [-0.3, -0.25) is 9.89 Å². The number of halogens is 1. The topological polar surface area (TPSA) is 58.2 Å². The number of piperidine rings is 1. The highest BCUT2D eigenvalue weighted by molar-refractivity contribution is 5.95. The monoisotopic (exact) mass is 525 g/mol. The van der Waals surface area contributed by atoms with E-state index in [0.717, 1.165) is 85.1 Å². The molecule has 1 aliphatic carbocycles. The predicted molar refractivity (Wildman–Crippen MR) is 152 cm³/mol. The fraction of sp³-hybridized carbons (Fsp3) is 0.394. The van der Waals surface area contributed by atoms with Crippen molar-refractivity contribution in [3.05, 3.63) is 83.7 Å². The lowest BCUT2D eigenvalue weighted by Crippen LogP contribution is -2.35. The Morgan fingerprint density at radius 1 is 1.03 bits per heavy atom. The largest absolute Gasteiger partial charge is 0.490 e. The highest BCUT2D eigenvalue weighted by Gasteiger charge is 2.33. The van der Waals surface area contributed by atoms with Gasteiger partial charge in [0.05, 0.1) is 11.2 Å². The number of carbonyl (C=O) groups excluding carboxylic acids is 1. The zero-order valence-electron chi connectivity index (χ0n) is 22.5. The maximum atomic E-state index is 14.8. The standard InChI is InChI=1S/C33H36FN3O2/c1-37-18-16-26(17-19-37)39-25-13-11-24(12-14-25)33-28-20-22(10-15-30(28)35-36-33)21-31(38)32(23-6-2-3-7-23)27-8-4-5-9-29(27)34/h4-5,8-15,20,23,26,32H,2-3,6-7,16-19,21H2,1H3,(H,35,36). The molecule has 202 valence electrons. The summed E-state index contributed by atoms with van der Waals surface area (Å²) in [6, 6.07) is 20.9. The summed E-state index contributed by atoms with van der Waals surface area (Å²) in [4.78, 5) is 16.0. The minimum absolute atomic E-state index is 0.0896. The van der Waals surface area contributed by atoms with Crippen LogP contribution >= 0.6 is 0 Å². The van der Waals surface area contributed by atoms with Gasteiger partial charge in [-0.15, -0.1) is 0 Å². The van der Waals surface area contributed by atoms with E-state index in [4.69, 9.17) is 4.74 Å². The summed E-state index contributed by atoms with van der Waals surface area (Å²) in [6.45, 7) is 2.13. The molecule has 4 aromatic rings. The number of H-pyrrole nitrogens is 1. The highest BCUT2D eigenvalue weighted by Crippen LogP contribution is 2.39. The van der Waals surface area contributed by atoms with Crippen molar-refractivity contribution >= 4 is 16.7 Å². The molecule has 2 fully saturated rings. The summed E-state index contributed by atoms with van der Waals surface area (Å²) in [6.07, 6.45) is 6.80. The molecule has 2 aliphatic rings. The number of carbonyl (C=O) groups is 1. The average molecular weight is 526 g/mol. The predicted octanol–water partition coefficient (Wildman–Crippen LogP) is 6.93. The van der Waals surface area contributed by atoms with Gasteiger partial charge in [-0.1, -0.05) is 37.1 Å². The first-order chi connectivity index (χ1) is 19.0. The number of hydrogen-bond acceptors (Lipinski definition) is 4. The van der Waals surface area contributed by atoms with Crippen LogP contribution in [0.3, 0.4) is 0 Å². The number of benzene rings is 3. The van der Waals surface area contributed by atoms with Crippen molar-refractivity contribution in [2.45, 2.75) is 57.0 Å². The Morgan fingerprint density at radius 3 is 2.51 bits per heavy atom. The van der Waals surface area contributed by atoms with Gasteiger partial charge in [-0.2, -0.15) is 5.10 Å². The van der Waals surface area contributed by atoms with Crippen molar-refractivity contribution in [2.75, 3.05) is 20.1 Å². The first-order valence-electron chi connectivity index (χ1n) is 14.2. The number of aromatic amines is 1. The fourth-order valence-electron chi connectivity index (χ4n) is 6.40. The quantitative estimate of drug-likeness (QED) is 0.271. The van der Waals surface area contributed by atoms with E-state index in [0.29, 0.717) is 5.56 Å². The van der Waals surface area contributed by atoms with E-state index in [2.05, 4.69) is 28.2 Å². The number of hydrogen-bond donors (Lipinski definition) is 1. The first kappa shape index (κ1) is 25.8. The Kier molecular flexibility index (Phi) is 7.47. The van der Waals surface area contributed by atoms with E-state index >= 15 is 0 Å².